The molecule has 4 heteroatoms. The highest BCUT2D eigenvalue weighted by Gasteiger charge is 2.13. The molecule has 0 aliphatic carbocycles. The number of imidazole rings is 1. The summed E-state index contributed by atoms with van der Waals surface area (Å²) >= 11 is 0. The summed E-state index contributed by atoms with van der Waals surface area (Å²) < 4.78 is 15.1. The van der Waals surface area contributed by atoms with E-state index in [0.717, 1.165) is 30.2 Å². The van der Waals surface area contributed by atoms with Crippen molar-refractivity contribution in [3.63, 3.8) is 0 Å². The number of aryl methyl sites for hydroxylation is 1. The van der Waals surface area contributed by atoms with Gasteiger partial charge in [-0.2, -0.15) is 0 Å². The molecule has 2 rings (SSSR count). The molecule has 0 saturated carbocycles. The summed E-state index contributed by atoms with van der Waals surface area (Å²) in [6.07, 6.45) is 3.07. The Bertz CT molecular complexity index is 531. The molecule has 1 heterocycles. The molecule has 0 amide bonds. The number of benzene rings is 1. The lowest BCUT2D eigenvalue weighted by atomic mass is 10.1. The second-order valence-electron chi connectivity index (χ2n) is 4.77. The van der Waals surface area contributed by atoms with E-state index in [1.165, 1.54) is 12.1 Å². The lowest BCUT2D eigenvalue weighted by Gasteiger charge is -2.17. The van der Waals surface area contributed by atoms with Crippen LogP contribution in [-0.4, -0.2) is 16.1 Å². The van der Waals surface area contributed by atoms with Gasteiger partial charge in [-0.3, -0.25) is 0 Å². The fraction of sp³-hybridized carbons (Fsp3) is 0.400. The Labute approximate surface area is 113 Å². The number of hydrogen-bond donors (Lipinski definition) is 1. The first kappa shape index (κ1) is 13.6. The molecule has 1 aromatic carbocycles. The van der Waals surface area contributed by atoms with Gasteiger partial charge in [-0.25, -0.2) is 9.37 Å². The highest BCUT2D eigenvalue weighted by molar-refractivity contribution is 5.32. The first-order chi connectivity index (χ1) is 9.11. The van der Waals surface area contributed by atoms with Crippen molar-refractivity contribution >= 4 is 5.95 Å². The van der Waals surface area contributed by atoms with Crippen LogP contribution in [0, 0.1) is 12.7 Å². The molecule has 0 aliphatic heterocycles. The third kappa shape index (κ3) is 3.13. The fourth-order valence-electron chi connectivity index (χ4n) is 2.08. The van der Waals surface area contributed by atoms with Crippen molar-refractivity contribution < 1.29 is 4.39 Å². The standard InChI is InChI=1S/C15H20FN3/c1-4-9-17-15-18-11(2)10-19(15)12(3)13-5-7-14(16)8-6-13/h5-8,10,12H,4,9H2,1-3H3,(H,17,18). The number of halogens is 1. The number of aromatic nitrogens is 2. The lowest BCUT2D eigenvalue weighted by Crippen LogP contribution is -2.12. The van der Waals surface area contributed by atoms with E-state index >= 15 is 0 Å². The van der Waals surface area contributed by atoms with Crippen molar-refractivity contribution in [1.82, 2.24) is 9.55 Å². The number of nitrogens with one attached hydrogen (secondary N) is 1. The second kappa shape index (κ2) is 5.87. The topological polar surface area (TPSA) is 29.9 Å². The van der Waals surface area contributed by atoms with Crippen LogP contribution >= 0.6 is 0 Å². The van der Waals surface area contributed by atoms with Gasteiger partial charge in [0.15, 0.2) is 0 Å². The summed E-state index contributed by atoms with van der Waals surface area (Å²) in [5, 5.41) is 3.32. The average molecular weight is 261 g/mol. The third-order valence-corrected chi connectivity index (χ3v) is 3.16. The predicted octanol–water partition coefficient (Wildman–Crippen LogP) is 3.76. The minimum absolute atomic E-state index is 0.126. The molecule has 0 bridgehead atoms. The maximum atomic E-state index is 13.0. The fourth-order valence-corrected chi connectivity index (χ4v) is 2.08. The SMILES string of the molecule is CCCNc1nc(C)cn1C(C)c1ccc(F)cc1. The summed E-state index contributed by atoms with van der Waals surface area (Å²) in [6.45, 7) is 7.08. The second-order valence-corrected chi connectivity index (χ2v) is 4.77. The van der Waals surface area contributed by atoms with E-state index in [9.17, 15) is 4.39 Å². The van der Waals surface area contributed by atoms with Gasteiger partial charge < -0.3 is 9.88 Å². The maximum Gasteiger partial charge on any atom is 0.203 e. The van der Waals surface area contributed by atoms with Crippen LogP contribution in [0.1, 0.15) is 37.6 Å². The van der Waals surface area contributed by atoms with E-state index in [1.807, 2.05) is 25.3 Å². The van der Waals surface area contributed by atoms with Crippen molar-refractivity contribution in [2.75, 3.05) is 11.9 Å². The summed E-state index contributed by atoms with van der Waals surface area (Å²) in [4.78, 5) is 4.49. The molecular weight excluding hydrogens is 241 g/mol. The van der Waals surface area contributed by atoms with Gasteiger partial charge in [0.2, 0.25) is 5.95 Å². The lowest BCUT2D eigenvalue weighted by molar-refractivity contribution is 0.616. The van der Waals surface area contributed by atoms with Crippen LogP contribution < -0.4 is 5.32 Å². The van der Waals surface area contributed by atoms with Crippen LogP contribution in [0.5, 0.6) is 0 Å². The normalized spacial score (nSPS) is 12.4. The van der Waals surface area contributed by atoms with E-state index < -0.39 is 0 Å². The maximum absolute atomic E-state index is 13.0. The van der Waals surface area contributed by atoms with Crippen LogP contribution in [0.2, 0.25) is 0 Å². The Hall–Kier alpha value is -1.84. The van der Waals surface area contributed by atoms with Gasteiger partial charge in [-0.05, 0) is 38.0 Å². The minimum atomic E-state index is -0.206. The Balaban J connectivity index is 2.27. The van der Waals surface area contributed by atoms with E-state index in [1.54, 1.807) is 0 Å². The number of anilines is 1. The smallest absolute Gasteiger partial charge is 0.203 e. The van der Waals surface area contributed by atoms with Crippen LogP contribution in [0.3, 0.4) is 0 Å². The molecule has 1 atom stereocenters. The van der Waals surface area contributed by atoms with Gasteiger partial charge in [-0.1, -0.05) is 19.1 Å². The van der Waals surface area contributed by atoms with Gasteiger partial charge in [0, 0.05) is 12.7 Å². The molecule has 0 fully saturated rings. The summed E-state index contributed by atoms with van der Waals surface area (Å²) in [6, 6.07) is 6.75. The van der Waals surface area contributed by atoms with Gasteiger partial charge in [0.25, 0.3) is 0 Å². The van der Waals surface area contributed by atoms with Gasteiger partial charge >= 0.3 is 0 Å². The summed E-state index contributed by atoms with van der Waals surface area (Å²) in [5.74, 6) is 0.665. The molecule has 1 unspecified atom stereocenters. The van der Waals surface area contributed by atoms with Crippen molar-refractivity contribution in [2.45, 2.75) is 33.2 Å². The Morgan fingerprint density at radius 1 is 1.32 bits per heavy atom. The molecule has 2 aromatic rings. The van der Waals surface area contributed by atoms with E-state index in [-0.39, 0.29) is 11.9 Å². The molecule has 0 spiro atoms. The molecule has 1 N–H and O–H groups in total. The zero-order valence-corrected chi connectivity index (χ0v) is 11.7. The van der Waals surface area contributed by atoms with Gasteiger partial charge in [0.05, 0.1) is 11.7 Å². The Kier molecular flexibility index (Phi) is 4.20. The van der Waals surface area contributed by atoms with Gasteiger partial charge in [0.1, 0.15) is 5.82 Å². The first-order valence-electron chi connectivity index (χ1n) is 6.66. The zero-order chi connectivity index (χ0) is 13.8. The zero-order valence-electron chi connectivity index (χ0n) is 11.7. The molecular formula is C15H20FN3. The van der Waals surface area contributed by atoms with Crippen LogP contribution in [0.25, 0.3) is 0 Å². The number of hydrogen-bond acceptors (Lipinski definition) is 2. The van der Waals surface area contributed by atoms with E-state index in [2.05, 4.69) is 28.7 Å². The monoisotopic (exact) mass is 261 g/mol. The largest absolute Gasteiger partial charge is 0.356 e. The molecule has 0 aliphatic rings. The summed E-state index contributed by atoms with van der Waals surface area (Å²) in [7, 11) is 0. The van der Waals surface area contributed by atoms with Gasteiger partial charge in [-0.15, -0.1) is 0 Å². The quantitative estimate of drug-likeness (QED) is 0.888. The molecule has 0 radical (unpaired) electrons. The highest BCUT2D eigenvalue weighted by atomic mass is 19.1. The first-order valence-corrected chi connectivity index (χ1v) is 6.66. The molecule has 0 saturated heterocycles. The minimum Gasteiger partial charge on any atom is -0.356 e. The van der Waals surface area contributed by atoms with Crippen molar-refractivity contribution in [3.8, 4) is 0 Å². The Morgan fingerprint density at radius 3 is 2.63 bits per heavy atom. The molecule has 19 heavy (non-hydrogen) atoms. The molecule has 102 valence electrons. The molecule has 3 nitrogen and oxygen atoms in total. The third-order valence-electron chi connectivity index (χ3n) is 3.16. The van der Waals surface area contributed by atoms with Crippen LogP contribution in [0.4, 0.5) is 10.3 Å². The van der Waals surface area contributed by atoms with Crippen molar-refractivity contribution in [3.05, 3.63) is 47.5 Å². The van der Waals surface area contributed by atoms with Crippen LogP contribution in [0.15, 0.2) is 30.5 Å². The van der Waals surface area contributed by atoms with Crippen molar-refractivity contribution in [2.24, 2.45) is 0 Å². The summed E-state index contributed by atoms with van der Waals surface area (Å²) in [5.41, 5.74) is 2.05. The molecule has 1 aromatic heterocycles. The van der Waals surface area contributed by atoms with E-state index in [0.29, 0.717) is 0 Å². The predicted molar refractivity (Wildman–Crippen MR) is 76.0 cm³/mol. The number of nitrogens with zero attached hydrogens (tertiary/aromatic N) is 2. The highest BCUT2D eigenvalue weighted by Crippen LogP contribution is 2.23. The van der Waals surface area contributed by atoms with E-state index in [4.69, 9.17) is 0 Å². The number of rotatable bonds is 5. The van der Waals surface area contributed by atoms with Crippen LogP contribution in [-0.2, 0) is 0 Å². The Morgan fingerprint density at radius 2 is 2.00 bits per heavy atom. The van der Waals surface area contributed by atoms with Crippen molar-refractivity contribution in [1.29, 1.82) is 0 Å². The average Bonchev–Trinajstić information content (AvgIpc) is 2.77.